The normalized spacial score (nSPS) is 18.6. The SMILES string of the molecule is Cn1cc(C=CC(=O)NC2(CO)CCCCC2)cn1. The Morgan fingerprint density at radius 1 is 1.53 bits per heavy atom. The molecular formula is C14H21N3O2. The van der Waals surface area contributed by atoms with Gasteiger partial charge in [0.2, 0.25) is 5.91 Å². The average molecular weight is 263 g/mol. The summed E-state index contributed by atoms with van der Waals surface area (Å²) in [5, 5.41) is 16.5. The van der Waals surface area contributed by atoms with Gasteiger partial charge in [-0.3, -0.25) is 9.48 Å². The molecule has 2 rings (SSSR count). The number of carbonyl (C=O) groups is 1. The van der Waals surface area contributed by atoms with Gasteiger partial charge in [-0.2, -0.15) is 5.10 Å². The molecule has 0 bridgehead atoms. The molecule has 0 saturated heterocycles. The lowest BCUT2D eigenvalue weighted by atomic mass is 9.82. The minimum atomic E-state index is -0.422. The topological polar surface area (TPSA) is 67.2 Å². The first kappa shape index (κ1) is 13.8. The van der Waals surface area contributed by atoms with Gasteiger partial charge in [0.1, 0.15) is 0 Å². The molecule has 5 nitrogen and oxygen atoms in total. The number of nitrogens with one attached hydrogen (secondary N) is 1. The minimum absolute atomic E-state index is 0.0134. The molecule has 5 heteroatoms. The van der Waals surface area contributed by atoms with E-state index in [1.807, 2.05) is 13.2 Å². The van der Waals surface area contributed by atoms with Crippen molar-refractivity contribution in [3.8, 4) is 0 Å². The molecule has 0 atom stereocenters. The van der Waals surface area contributed by atoms with Crippen molar-refractivity contribution in [2.75, 3.05) is 6.61 Å². The van der Waals surface area contributed by atoms with Crippen molar-refractivity contribution in [1.82, 2.24) is 15.1 Å². The maximum Gasteiger partial charge on any atom is 0.244 e. The van der Waals surface area contributed by atoms with Crippen LogP contribution in [-0.4, -0.2) is 32.9 Å². The number of hydrogen-bond acceptors (Lipinski definition) is 3. The molecule has 0 spiro atoms. The summed E-state index contributed by atoms with van der Waals surface area (Å²) in [6.07, 6.45) is 11.8. The van der Waals surface area contributed by atoms with Gasteiger partial charge in [0.05, 0.1) is 18.3 Å². The number of aliphatic hydroxyl groups is 1. The molecule has 1 aliphatic carbocycles. The number of aliphatic hydroxyl groups excluding tert-OH is 1. The van der Waals surface area contributed by atoms with Gasteiger partial charge in [0, 0.05) is 24.9 Å². The lowest BCUT2D eigenvalue weighted by molar-refractivity contribution is -0.119. The van der Waals surface area contributed by atoms with Crippen molar-refractivity contribution in [1.29, 1.82) is 0 Å². The van der Waals surface area contributed by atoms with Crippen LogP contribution in [0.2, 0.25) is 0 Å². The van der Waals surface area contributed by atoms with Gasteiger partial charge in [-0.25, -0.2) is 0 Å². The number of aromatic nitrogens is 2. The fourth-order valence-corrected chi connectivity index (χ4v) is 2.55. The van der Waals surface area contributed by atoms with E-state index >= 15 is 0 Å². The molecule has 1 aromatic rings. The van der Waals surface area contributed by atoms with Gasteiger partial charge in [-0.05, 0) is 18.9 Å². The summed E-state index contributed by atoms with van der Waals surface area (Å²) in [4.78, 5) is 11.9. The van der Waals surface area contributed by atoms with Gasteiger partial charge in [0.25, 0.3) is 0 Å². The second-order valence-corrected chi connectivity index (χ2v) is 5.27. The van der Waals surface area contributed by atoms with Gasteiger partial charge < -0.3 is 10.4 Å². The standard InChI is InChI=1S/C14H21N3O2/c1-17-10-12(9-15-17)5-6-13(19)16-14(11-18)7-3-2-4-8-14/h5-6,9-10,18H,2-4,7-8,11H2,1H3,(H,16,19). The van der Waals surface area contributed by atoms with Crippen molar-refractivity contribution in [2.45, 2.75) is 37.6 Å². The fraction of sp³-hybridized carbons (Fsp3) is 0.571. The summed E-state index contributed by atoms with van der Waals surface area (Å²) in [6.45, 7) is 0.0134. The Bertz CT molecular complexity index is 459. The molecule has 1 aliphatic rings. The van der Waals surface area contributed by atoms with E-state index in [1.165, 1.54) is 12.5 Å². The lowest BCUT2D eigenvalue weighted by Crippen LogP contribution is -2.52. The van der Waals surface area contributed by atoms with E-state index in [-0.39, 0.29) is 12.5 Å². The highest BCUT2D eigenvalue weighted by Gasteiger charge is 2.32. The van der Waals surface area contributed by atoms with Crippen LogP contribution in [0.5, 0.6) is 0 Å². The predicted molar refractivity (Wildman–Crippen MR) is 73.3 cm³/mol. The summed E-state index contributed by atoms with van der Waals surface area (Å²) >= 11 is 0. The third kappa shape index (κ3) is 3.67. The van der Waals surface area contributed by atoms with E-state index < -0.39 is 5.54 Å². The van der Waals surface area contributed by atoms with Crippen LogP contribution in [0, 0.1) is 0 Å². The Balaban J connectivity index is 1.94. The van der Waals surface area contributed by atoms with E-state index in [4.69, 9.17) is 0 Å². The van der Waals surface area contributed by atoms with Crippen molar-refractivity contribution < 1.29 is 9.90 Å². The maximum absolute atomic E-state index is 11.9. The summed E-state index contributed by atoms with van der Waals surface area (Å²) in [5.74, 6) is -0.153. The molecule has 0 radical (unpaired) electrons. The summed E-state index contributed by atoms with van der Waals surface area (Å²) in [5.41, 5.74) is 0.466. The van der Waals surface area contributed by atoms with Crippen molar-refractivity contribution >= 4 is 12.0 Å². The van der Waals surface area contributed by atoms with E-state index in [2.05, 4.69) is 10.4 Å². The summed E-state index contributed by atoms with van der Waals surface area (Å²) < 4.78 is 1.69. The molecule has 0 aliphatic heterocycles. The van der Waals surface area contributed by atoms with Crippen LogP contribution < -0.4 is 5.32 Å². The van der Waals surface area contributed by atoms with E-state index in [9.17, 15) is 9.90 Å². The zero-order valence-electron chi connectivity index (χ0n) is 11.3. The molecule has 1 fully saturated rings. The lowest BCUT2D eigenvalue weighted by Gasteiger charge is -2.36. The van der Waals surface area contributed by atoms with E-state index in [1.54, 1.807) is 17.0 Å². The van der Waals surface area contributed by atoms with Gasteiger partial charge in [-0.15, -0.1) is 0 Å². The van der Waals surface area contributed by atoms with Gasteiger partial charge >= 0.3 is 0 Å². The monoisotopic (exact) mass is 263 g/mol. The largest absolute Gasteiger partial charge is 0.394 e. The van der Waals surface area contributed by atoms with Gasteiger partial charge in [0.15, 0.2) is 0 Å². The maximum atomic E-state index is 11.9. The molecule has 0 aromatic carbocycles. The zero-order chi connectivity index (χ0) is 13.7. The van der Waals surface area contributed by atoms with Crippen LogP contribution in [0.15, 0.2) is 18.5 Å². The van der Waals surface area contributed by atoms with Crippen molar-refractivity contribution in [3.63, 3.8) is 0 Å². The predicted octanol–water partition coefficient (Wildman–Crippen LogP) is 1.24. The third-order valence-corrected chi connectivity index (χ3v) is 3.65. The fourth-order valence-electron chi connectivity index (χ4n) is 2.55. The van der Waals surface area contributed by atoms with Crippen LogP contribution >= 0.6 is 0 Å². The van der Waals surface area contributed by atoms with Crippen LogP contribution in [0.4, 0.5) is 0 Å². The second kappa shape index (κ2) is 6.02. The molecule has 2 N–H and O–H groups in total. The molecular weight excluding hydrogens is 242 g/mol. The quantitative estimate of drug-likeness (QED) is 0.803. The zero-order valence-corrected chi connectivity index (χ0v) is 11.3. The number of amides is 1. The highest BCUT2D eigenvalue weighted by atomic mass is 16.3. The molecule has 1 heterocycles. The third-order valence-electron chi connectivity index (χ3n) is 3.65. The number of aryl methyl sites for hydroxylation is 1. The van der Waals surface area contributed by atoms with Crippen molar-refractivity contribution in [3.05, 3.63) is 24.0 Å². The Hall–Kier alpha value is -1.62. The average Bonchev–Trinajstić information content (AvgIpc) is 2.83. The minimum Gasteiger partial charge on any atom is -0.394 e. The number of hydrogen-bond donors (Lipinski definition) is 2. The van der Waals surface area contributed by atoms with Crippen LogP contribution in [0.25, 0.3) is 6.08 Å². The molecule has 104 valence electrons. The highest BCUT2D eigenvalue weighted by molar-refractivity contribution is 5.92. The molecule has 1 amide bonds. The Morgan fingerprint density at radius 2 is 2.26 bits per heavy atom. The first-order valence-electron chi connectivity index (χ1n) is 6.73. The summed E-state index contributed by atoms with van der Waals surface area (Å²) in [6, 6.07) is 0. The Kier molecular flexibility index (Phi) is 4.37. The molecule has 0 unspecified atom stereocenters. The molecule has 1 aromatic heterocycles. The van der Waals surface area contributed by atoms with E-state index in [0.717, 1.165) is 31.2 Å². The van der Waals surface area contributed by atoms with Crippen LogP contribution in [-0.2, 0) is 11.8 Å². The first-order chi connectivity index (χ1) is 9.13. The number of rotatable bonds is 4. The molecule has 1 saturated carbocycles. The Morgan fingerprint density at radius 3 is 2.84 bits per heavy atom. The van der Waals surface area contributed by atoms with E-state index in [0.29, 0.717) is 0 Å². The second-order valence-electron chi connectivity index (χ2n) is 5.27. The summed E-state index contributed by atoms with van der Waals surface area (Å²) in [7, 11) is 1.83. The number of nitrogens with zero attached hydrogens (tertiary/aromatic N) is 2. The first-order valence-corrected chi connectivity index (χ1v) is 6.73. The van der Waals surface area contributed by atoms with Crippen molar-refractivity contribution in [2.24, 2.45) is 7.05 Å². The van der Waals surface area contributed by atoms with Gasteiger partial charge in [-0.1, -0.05) is 19.3 Å². The smallest absolute Gasteiger partial charge is 0.244 e. The molecule has 19 heavy (non-hydrogen) atoms. The van der Waals surface area contributed by atoms with Crippen LogP contribution in [0.3, 0.4) is 0 Å². The Labute approximate surface area is 113 Å². The van der Waals surface area contributed by atoms with Crippen LogP contribution in [0.1, 0.15) is 37.7 Å². The highest BCUT2D eigenvalue weighted by Crippen LogP contribution is 2.27. The number of carbonyl (C=O) groups excluding carboxylic acids is 1.